The molecule has 0 amide bonds. The van der Waals surface area contributed by atoms with Crippen LogP contribution in [0.25, 0.3) is 0 Å². The molecule has 7 heteroatoms. The number of hydrogen-bond donors (Lipinski definition) is 1. The quantitative estimate of drug-likeness (QED) is 0.867. The Morgan fingerprint density at radius 3 is 2.88 bits per heavy atom. The van der Waals surface area contributed by atoms with E-state index in [1.54, 1.807) is 0 Å². The Morgan fingerprint density at radius 2 is 2.20 bits per heavy atom. The SMILES string of the molecule is CCc1nc(C2(NC[C@@H]3CCO[C@H]3c3ccnn3C)CCCC2)no1. The van der Waals surface area contributed by atoms with Gasteiger partial charge in [0.25, 0.3) is 0 Å². The van der Waals surface area contributed by atoms with E-state index in [1.807, 2.05) is 24.9 Å². The molecule has 1 aliphatic heterocycles. The molecule has 0 aromatic carbocycles. The average molecular weight is 345 g/mol. The fraction of sp³-hybridized carbons (Fsp3) is 0.722. The van der Waals surface area contributed by atoms with Crippen LogP contribution in [0, 0.1) is 5.92 Å². The molecular formula is C18H27N5O2. The third kappa shape index (κ3) is 3.11. The van der Waals surface area contributed by atoms with Crippen molar-refractivity contribution in [3.63, 3.8) is 0 Å². The second-order valence-corrected chi connectivity index (χ2v) is 7.26. The second-order valence-electron chi connectivity index (χ2n) is 7.26. The van der Waals surface area contributed by atoms with Crippen LogP contribution in [-0.2, 0) is 23.7 Å². The molecule has 0 spiro atoms. The number of hydrogen-bond acceptors (Lipinski definition) is 6. The molecule has 3 heterocycles. The molecule has 0 radical (unpaired) electrons. The van der Waals surface area contributed by atoms with E-state index >= 15 is 0 Å². The van der Waals surface area contributed by atoms with Gasteiger partial charge in [-0.05, 0) is 25.3 Å². The first-order chi connectivity index (χ1) is 12.2. The molecule has 1 saturated heterocycles. The molecule has 2 aromatic rings. The van der Waals surface area contributed by atoms with Gasteiger partial charge in [-0.1, -0.05) is 24.9 Å². The summed E-state index contributed by atoms with van der Waals surface area (Å²) < 4.78 is 13.3. The van der Waals surface area contributed by atoms with Gasteiger partial charge in [0.1, 0.15) is 6.10 Å². The minimum absolute atomic E-state index is 0.106. The first-order valence-electron chi connectivity index (χ1n) is 9.39. The van der Waals surface area contributed by atoms with Gasteiger partial charge in [-0.15, -0.1) is 0 Å². The average Bonchev–Trinajstić information content (AvgIpc) is 3.39. The van der Waals surface area contributed by atoms with Crippen LogP contribution in [0.4, 0.5) is 0 Å². The summed E-state index contributed by atoms with van der Waals surface area (Å²) in [5.74, 6) is 1.99. The van der Waals surface area contributed by atoms with Crippen molar-refractivity contribution in [3.05, 3.63) is 29.7 Å². The molecule has 2 aromatic heterocycles. The van der Waals surface area contributed by atoms with Crippen molar-refractivity contribution >= 4 is 0 Å². The van der Waals surface area contributed by atoms with Crippen LogP contribution in [0.1, 0.15) is 62.5 Å². The van der Waals surface area contributed by atoms with Crippen LogP contribution >= 0.6 is 0 Å². The Balaban J connectivity index is 1.49. The zero-order valence-electron chi connectivity index (χ0n) is 15.1. The summed E-state index contributed by atoms with van der Waals surface area (Å²) in [6.45, 7) is 3.74. The Kier molecular flexibility index (Phi) is 4.60. The number of ether oxygens (including phenoxy) is 1. The molecule has 4 rings (SSSR count). The van der Waals surface area contributed by atoms with Crippen molar-refractivity contribution in [1.29, 1.82) is 0 Å². The van der Waals surface area contributed by atoms with E-state index in [9.17, 15) is 0 Å². The van der Waals surface area contributed by atoms with E-state index < -0.39 is 0 Å². The Morgan fingerprint density at radius 1 is 1.36 bits per heavy atom. The summed E-state index contributed by atoms with van der Waals surface area (Å²) in [5.41, 5.74) is 1.01. The normalized spacial score (nSPS) is 25.7. The van der Waals surface area contributed by atoms with Crippen molar-refractivity contribution in [2.75, 3.05) is 13.2 Å². The maximum Gasteiger partial charge on any atom is 0.226 e. The maximum absolute atomic E-state index is 6.02. The molecule has 2 fully saturated rings. The molecule has 136 valence electrons. The number of nitrogens with one attached hydrogen (secondary N) is 1. The van der Waals surface area contributed by atoms with Crippen molar-refractivity contribution < 1.29 is 9.26 Å². The summed E-state index contributed by atoms with van der Waals surface area (Å²) in [4.78, 5) is 4.63. The Labute approximate surface area is 148 Å². The highest BCUT2D eigenvalue weighted by atomic mass is 16.5. The highest BCUT2D eigenvalue weighted by Crippen LogP contribution is 2.39. The number of nitrogens with zero attached hydrogens (tertiary/aromatic N) is 4. The zero-order valence-corrected chi connectivity index (χ0v) is 15.1. The molecule has 1 saturated carbocycles. The fourth-order valence-electron chi connectivity index (χ4n) is 4.21. The maximum atomic E-state index is 6.02. The molecule has 1 N–H and O–H groups in total. The highest BCUT2D eigenvalue weighted by Gasteiger charge is 2.41. The lowest BCUT2D eigenvalue weighted by Gasteiger charge is -2.29. The number of rotatable bonds is 6. The number of aryl methyl sites for hydroxylation is 2. The zero-order chi connectivity index (χ0) is 17.3. The van der Waals surface area contributed by atoms with Gasteiger partial charge in [0.05, 0.1) is 11.2 Å². The third-order valence-electron chi connectivity index (χ3n) is 5.72. The van der Waals surface area contributed by atoms with Gasteiger partial charge in [-0.25, -0.2) is 0 Å². The van der Waals surface area contributed by atoms with E-state index in [4.69, 9.17) is 9.26 Å². The van der Waals surface area contributed by atoms with Crippen LogP contribution in [0.5, 0.6) is 0 Å². The molecule has 2 atom stereocenters. The Bertz CT molecular complexity index is 704. The second kappa shape index (κ2) is 6.88. The highest BCUT2D eigenvalue weighted by molar-refractivity contribution is 5.11. The van der Waals surface area contributed by atoms with Gasteiger partial charge in [-0.2, -0.15) is 10.1 Å². The minimum Gasteiger partial charge on any atom is -0.372 e. The molecule has 0 unspecified atom stereocenters. The van der Waals surface area contributed by atoms with Crippen LogP contribution in [0.2, 0.25) is 0 Å². The largest absolute Gasteiger partial charge is 0.372 e. The van der Waals surface area contributed by atoms with Gasteiger partial charge < -0.3 is 14.6 Å². The van der Waals surface area contributed by atoms with Crippen LogP contribution < -0.4 is 5.32 Å². The molecule has 1 aliphatic carbocycles. The van der Waals surface area contributed by atoms with Crippen molar-refractivity contribution in [2.45, 2.75) is 57.1 Å². The van der Waals surface area contributed by atoms with Crippen LogP contribution in [0.15, 0.2) is 16.8 Å². The third-order valence-corrected chi connectivity index (χ3v) is 5.72. The predicted octanol–water partition coefficient (Wildman–Crippen LogP) is 2.50. The van der Waals surface area contributed by atoms with Crippen molar-refractivity contribution in [2.24, 2.45) is 13.0 Å². The van der Waals surface area contributed by atoms with Gasteiger partial charge in [0.15, 0.2) is 5.82 Å². The monoisotopic (exact) mass is 345 g/mol. The van der Waals surface area contributed by atoms with E-state index in [2.05, 4.69) is 26.6 Å². The van der Waals surface area contributed by atoms with Gasteiger partial charge in [-0.3, -0.25) is 4.68 Å². The minimum atomic E-state index is -0.142. The first-order valence-corrected chi connectivity index (χ1v) is 9.39. The van der Waals surface area contributed by atoms with Gasteiger partial charge in [0, 0.05) is 38.7 Å². The molecule has 0 bridgehead atoms. The molecular weight excluding hydrogens is 318 g/mol. The van der Waals surface area contributed by atoms with E-state index in [0.29, 0.717) is 5.92 Å². The van der Waals surface area contributed by atoms with E-state index in [0.717, 1.165) is 56.2 Å². The number of aromatic nitrogens is 4. The standard InChI is InChI=1S/C18H27N5O2/c1-3-15-21-17(22-25-15)18(8-4-5-9-18)19-12-13-7-11-24-16(13)14-6-10-20-23(14)2/h6,10,13,16,19H,3-5,7-9,11-12H2,1-2H3/t13-,16+/m0/s1. The smallest absolute Gasteiger partial charge is 0.226 e. The summed E-state index contributed by atoms with van der Waals surface area (Å²) in [7, 11) is 1.98. The predicted molar refractivity (Wildman–Crippen MR) is 91.8 cm³/mol. The molecule has 2 aliphatic rings. The summed E-state index contributed by atoms with van der Waals surface area (Å²) >= 11 is 0. The van der Waals surface area contributed by atoms with E-state index in [-0.39, 0.29) is 11.6 Å². The van der Waals surface area contributed by atoms with Crippen LogP contribution in [0.3, 0.4) is 0 Å². The lowest BCUT2D eigenvalue weighted by atomic mass is 9.93. The van der Waals surface area contributed by atoms with Crippen molar-refractivity contribution in [1.82, 2.24) is 25.2 Å². The van der Waals surface area contributed by atoms with Gasteiger partial charge >= 0.3 is 0 Å². The Hall–Kier alpha value is -1.73. The summed E-state index contributed by atoms with van der Waals surface area (Å²) in [6.07, 6.45) is 8.33. The van der Waals surface area contributed by atoms with Crippen molar-refractivity contribution in [3.8, 4) is 0 Å². The lowest BCUT2D eigenvalue weighted by Crippen LogP contribution is -2.43. The molecule has 25 heavy (non-hydrogen) atoms. The summed E-state index contributed by atoms with van der Waals surface area (Å²) in [6, 6.07) is 2.06. The lowest BCUT2D eigenvalue weighted by molar-refractivity contribution is 0.0810. The van der Waals surface area contributed by atoms with E-state index in [1.165, 1.54) is 12.8 Å². The molecule has 7 nitrogen and oxygen atoms in total. The topological polar surface area (TPSA) is 78.0 Å². The fourth-order valence-corrected chi connectivity index (χ4v) is 4.21. The van der Waals surface area contributed by atoms with Gasteiger partial charge in [0.2, 0.25) is 5.89 Å². The van der Waals surface area contributed by atoms with Crippen LogP contribution in [-0.4, -0.2) is 33.1 Å². The summed E-state index contributed by atoms with van der Waals surface area (Å²) in [5, 5.41) is 12.4. The first kappa shape index (κ1) is 16.7.